The van der Waals surface area contributed by atoms with E-state index in [9.17, 15) is 0 Å². The number of benzene rings is 12. The Kier molecular flexibility index (Phi) is 10.2. The average Bonchev–Trinajstić information content (AvgIpc) is 2.89. The first-order valence-corrected chi connectivity index (χ1v) is 27.8. The normalized spacial score (nSPS) is 11.9. The van der Waals surface area contributed by atoms with Gasteiger partial charge in [0.25, 0.3) is 0 Å². The van der Waals surface area contributed by atoms with Gasteiger partial charge in [0.2, 0.25) is 0 Å². The fourth-order valence-electron chi connectivity index (χ4n) is 12.9. The second kappa shape index (κ2) is 18.2. The molecule has 0 atom stereocenters. The molecule has 0 aliphatic rings. The van der Waals surface area contributed by atoms with Crippen LogP contribution < -0.4 is 0 Å². The van der Waals surface area contributed by atoms with E-state index < -0.39 is 0 Å². The van der Waals surface area contributed by atoms with Crippen LogP contribution in [0.25, 0.3) is 155 Å². The zero-order valence-electron chi connectivity index (χ0n) is 44.3. The maximum absolute atomic E-state index is 5.24. The second-order valence-electron chi connectivity index (χ2n) is 21.2. The topological polar surface area (TPSA) is 58.4 Å². The summed E-state index contributed by atoms with van der Waals surface area (Å²) >= 11 is 0. The zero-order valence-corrected chi connectivity index (χ0v) is 44.3. The molecule has 0 aliphatic heterocycles. The molecule has 17 aromatic rings. The lowest BCUT2D eigenvalue weighted by Gasteiger charge is -2.18. The molecule has 7 nitrogen and oxygen atoms in total. The van der Waals surface area contributed by atoms with Crippen molar-refractivity contribution < 1.29 is 0 Å². The number of nitrogens with zero attached hydrogens (tertiary/aromatic N) is 7. The molecule has 0 radical (unpaired) electrons. The van der Waals surface area contributed by atoms with Gasteiger partial charge in [0.1, 0.15) is 0 Å². The Hall–Kier alpha value is -11.2. The molecule has 5 heterocycles. The van der Waals surface area contributed by atoms with Crippen LogP contribution in [0.3, 0.4) is 0 Å². The largest absolute Gasteiger partial charge is 0.309 e. The highest BCUT2D eigenvalue weighted by Gasteiger charge is 2.23. The van der Waals surface area contributed by atoms with E-state index in [0.717, 1.165) is 78.2 Å². The van der Waals surface area contributed by atoms with E-state index in [-0.39, 0.29) is 0 Å². The first-order chi connectivity index (χ1) is 40.7. The summed E-state index contributed by atoms with van der Waals surface area (Å²) in [5.74, 6) is 1.84. The molecule has 382 valence electrons. The lowest BCUT2D eigenvalue weighted by Crippen LogP contribution is -2.05. The summed E-state index contributed by atoms with van der Waals surface area (Å²) in [6.07, 6.45) is 0. The van der Waals surface area contributed by atoms with Gasteiger partial charge in [-0.3, -0.25) is 0 Å². The van der Waals surface area contributed by atoms with Gasteiger partial charge in [-0.2, -0.15) is 0 Å². The molecule has 17 rings (SSSR count). The van der Waals surface area contributed by atoms with Crippen molar-refractivity contribution in [3.63, 3.8) is 0 Å². The highest BCUT2D eigenvalue weighted by atomic mass is 15.1. The van der Waals surface area contributed by atoms with E-state index in [2.05, 4.69) is 267 Å². The number of hydrogen-bond donors (Lipinski definition) is 0. The highest BCUT2D eigenvalue weighted by molar-refractivity contribution is 6.15. The Labute approximate surface area is 471 Å². The number of para-hydroxylation sites is 6. The van der Waals surface area contributed by atoms with E-state index in [1.807, 2.05) is 36.4 Å². The summed E-state index contributed by atoms with van der Waals surface area (Å²) in [6, 6.07) is 103. The van der Waals surface area contributed by atoms with E-state index in [1.54, 1.807) is 0 Å². The van der Waals surface area contributed by atoms with Gasteiger partial charge in [-0.1, -0.05) is 188 Å². The predicted molar refractivity (Wildman–Crippen MR) is 339 cm³/mol. The third-order valence-corrected chi connectivity index (χ3v) is 16.6. The zero-order chi connectivity index (χ0) is 53.8. The third kappa shape index (κ3) is 7.06. The van der Waals surface area contributed by atoms with E-state index in [0.29, 0.717) is 17.5 Å². The van der Waals surface area contributed by atoms with Crippen LogP contribution in [0.2, 0.25) is 0 Å². The molecule has 0 saturated heterocycles. The molecular weight excluding hydrogens is 999 g/mol. The standard InChI is InChI=1S/C75H47N7/c1-4-20-48(21-5-1)73-76-74(49-22-6-2-7-23-49)78-75(77-73)52-38-42-70(72(46-52)81-65-33-17-10-26-55(65)56-27-11-18-34-66(56)81)82-67-35-19-12-28-57(67)60-40-36-51(45-71(60)82)50-37-41-68-61(44-50)58-29-13-16-32-64(58)80(68)54-39-43-69-62(47-54)59-30-14-15-31-63(59)79(69)53-24-8-3-9-25-53/h1-47H. The smallest absolute Gasteiger partial charge is 0.164 e. The molecule has 0 unspecified atom stereocenters. The average molecular weight is 1050 g/mol. The minimum Gasteiger partial charge on any atom is -0.309 e. The number of hydrogen-bond acceptors (Lipinski definition) is 3. The van der Waals surface area contributed by atoms with Gasteiger partial charge in [-0.05, 0) is 108 Å². The minimum atomic E-state index is 0.596. The first kappa shape index (κ1) is 45.8. The molecule has 12 aromatic carbocycles. The van der Waals surface area contributed by atoms with Crippen molar-refractivity contribution in [2.24, 2.45) is 0 Å². The van der Waals surface area contributed by atoms with Gasteiger partial charge in [-0.15, -0.1) is 0 Å². The van der Waals surface area contributed by atoms with Crippen molar-refractivity contribution in [1.29, 1.82) is 0 Å². The van der Waals surface area contributed by atoms with Crippen LogP contribution in [0.4, 0.5) is 0 Å². The van der Waals surface area contributed by atoms with Gasteiger partial charge in [0.15, 0.2) is 17.5 Å². The number of rotatable bonds is 8. The predicted octanol–water partition coefficient (Wildman–Crippen LogP) is 18.9. The van der Waals surface area contributed by atoms with E-state index >= 15 is 0 Å². The second-order valence-corrected chi connectivity index (χ2v) is 21.2. The van der Waals surface area contributed by atoms with Crippen LogP contribution >= 0.6 is 0 Å². The lowest BCUT2D eigenvalue weighted by molar-refractivity contribution is 1.06. The summed E-state index contributed by atoms with van der Waals surface area (Å²) in [5.41, 5.74) is 18.5. The summed E-state index contributed by atoms with van der Waals surface area (Å²) < 4.78 is 9.70. The molecule has 0 spiro atoms. The van der Waals surface area contributed by atoms with Gasteiger partial charge in [-0.25, -0.2) is 15.0 Å². The number of fused-ring (bicyclic) bond motifs is 12. The molecule has 0 amide bonds. The van der Waals surface area contributed by atoms with Crippen LogP contribution in [-0.2, 0) is 0 Å². The van der Waals surface area contributed by atoms with Crippen LogP contribution in [0.15, 0.2) is 285 Å². The van der Waals surface area contributed by atoms with Crippen molar-refractivity contribution in [1.82, 2.24) is 33.2 Å². The molecular formula is C75H47N7. The van der Waals surface area contributed by atoms with Gasteiger partial charge in [0.05, 0.1) is 55.5 Å². The Morgan fingerprint density at radius 3 is 1.10 bits per heavy atom. The molecule has 0 aliphatic carbocycles. The van der Waals surface area contributed by atoms with Crippen molar-refractivity contribution in [3.05, 3.63) is 285 Å². The van der Waals surface area contributed by atoms with E-state index in [4.69, 9.17) is 15.0 Å². The Bertz CT molecular complexity index is 5280. The fraction of sp³-hybridized carbons (Fsp3) is 0. The van der Waals surface area contributed by atoms with E-state index in [1.165, 1.54) is 59.6 Å². The molecule has 5 aromatic heterocycles. The van der Waals surface area contributed by atoms with Crippen LogP contribution in [-0.4, -0.2) is 33.2 Å². The van der Waals surface area contributed by atoms with Crippen LogP contribution in [0, 0.1) is 0 Å². The van der Waals surface area contributed by atoms with Crippen molar-refractivity contribution >= 4 is 87.2 Å². The third-order valence-electron chi connectivity index (χ3n) is 16.6. The van der Waals surface area contributed by atoms with Crippen molar-refractivity contribution in [2.75, 3.05) is 0 Å². The molecule has 82 heavy (non-hydrogen) atoms. The summed E-state index contributed by atoms with van der Waals surface area (Å²) in [6.45, 7) is 0. The van der Waals surface area contributed by atoms with Crippen LogP contribution in [0.5, 0.6) is 0 Å². The monoisotopic (exact) mass is 1050 g/mol. The molecule has 0 saturated carbocycles. The highest BCUT2D eigenvalue weighted by Crippen LogP contribution is 2.43. The van der Waals surface area contributed by atoms with Gasteiger partial charge < -0.3 is 18.3 Å². The minimum absolute atomic E-state index is 0.596. The number of aromatic nitrogens is 7. The molecule has 7 heteroatoms. The SMILES string of the molecule is c1ccc(-c2nc(-c3ccccc3)nc(-c3ccc(-n4c5ccccc5c5ccc(-c6ccc7c(c6)c6ccccc6n7-c6ccc7c(c6)c6ccccc6n7-c6ccccc6)cc54)c(-n4c5ccccc5c5ccccc54)c3)n2)cc1. The molecule has 0 fully saturated rings. The summed E-state index contributed by atoms with van der Waals surface area (Å²) in [7, 11) is 0. The van der Waals surface area contributed by atoms with Crippen LogP contribution in [0.1, 0.15) is 0 Å². The Morgan fingerprint density at radius 2 is 0.549 bits per heavy atom. The Morgan fingerprint density at radius 1 is 0.183 bits per heavy atom. The van der Waals surface area contributed by atoms with Crippen molar-refractivity contribution in [3.8, 4) is 68.0 Å². The summed E-state index contributed by atoms with van der Waals surface area (Å²) in [5, 5.41) is 9.59. The molecule has 0 N–H and O–H groups in total. The Balaban J connectivity index is 0.866. The maximum Gasteiger partial charge on any atom is 0.164 e. The maximum atomic E-state index is 5.24. The van der Waals surface area contributed by atoms with Gasteiger partial charge in [0, 0.05) is 71.2 Å². The van der Waals surface area contributed by atoms with Gasteiger partial charge >= 0.3 is 0 Å². The fourth-order valence-corrected chi connectivity index (χ4v) is 12.9. The quantitative estimate of drug-likeness (QED) is 0.152. The lowest BCUT2D eigenvalue weighted by atomic mass is 10.0. The van der Waals surface area contributed by atoms with Crippen molar-refractivity contribution in [2.45, 2.75) is 0 Å². The first-order valence-electron chi connectivity index (χ1n) is 27.8. The molecule has 0 bridgehead atoms. The summed E-state index contributed by atoms with van der Waals surface area (Å²) in [4.78, 5) is 15.5.